The predicted molar refractivity (Wildman–Crippen MR) is 77.2 cm³/mol. The van der Waals surface area contributed by atoms with Crippen LogP contribution in [0.3, 0.4) is 0 Å². The average molecular weight is 265 g/mol. The van der Waals surface area contributed by atoms with E-state index in [2.05, 4.69) is 50.1 Å². The summed E-state index contributed by atoms with van der Waals surface area (Å²) in [6, 6.07) is 0.882. The number of nitrogens with one attached hydrogen (secondary N) is 1. The molecule has 1 heterocycles. The van der Waals surface area contributed by atoms with Gasteiger partial charge in [-0.25, -0.2) is 0 Å². The topological polar surface area (TPSA) is 51.0 Å². The van der Waals surface area contributed by atoms with Crippen LogP contribution >= 0.6 is 0 Å². The van der Waals surface area contributed by atoms with Crippen LogP contribution in [-0.4, -0.2) is 16.2 Å². The molecule has 0 spiro atoms. The van der Waals surface area contributed by atoms with Crippen LogP contribution in [0.1, 0.15) is 72.0 Å². The minimum Gasteiger partial charge on any atom is -0.336 e. The van der Waals surface area contributed by atoms with Crippen LogP contribution in [0.2, 0.25) is 0 Å². The lowest BCUT2D eigenvalue weighted by Crippen LogP contribution is -2.25. The summed E-state index contributed by atoms with van der Waals surface area (Å²) in [6.07, 6.45) is 4.91. The smallest absolute Gasteiger partial charge is 0.321 e. The zero-order chi connectivity index (χ0) is 14.0. The van der Waals surface area contributed by atoms with Gasteiger partial charge in [-0.3, -0.25) is 0 Å². The zero-order valence-corrected chi connectivity index (χ0v) is 12.9. The highest BCUT2D eigenvalue weighted by molar-refractivity contribution is 5.20. The first-order valence-electron chi connectivity index (χ1n) is 7.46. The van der Waals surface area contributed by atoms with Crippen LogP contribution in [0, 0.1) is 11.3 Å². The van der Waals surface area contributed by atoms with Crippen LogP contribution in [0.4, 0.5) is 6.01 Å². The molecule has 1 aliphatic rings. The number of nitrogens with zero attached hydrogens (tertiary/aromatic N) is 2. The Balaban J connectivity index is 1.92. The van der Waals surface area contributed by atoms with Crippen molar-refractivity contribution in [2.75, 3.05) is 5.32 Å². The summed E-state index contributed by atoms with van der Waals surface area (Å²) in [5.41, 5.74) is 0.423. The van der Waals surface area contributed by atoms with Crippen LogP contribution in [0.15, 0.2) is 4.52 Å². The van der Waals surface area contributed by atoms with E-state index in [-0.39, 0.29) is 0 Å². The van der Waals surface area contributed by atoms with E-state index in [0.29, 0.717) is 23.4 Å². The van der Waals surface area contributed by atoms with Gasteiger partial charge in [0.25, 0.3) is 0 Å². The van der Waals surface area contributed by atoms with E-state index in [1.54, 1.807) is 0 Å². The third-order valence-corrected chi connectivity index (χ3v) is 4.17. The maximum atomic E-state index is 5.25. The number of rotatable bonds is 3. The SMILES string of the molecule is CC(C)Nc1nc(C2CCC(C(C)(C)C)CC2)no1. The lowest BCUT2D eigenvalue weighted by Gasteiger charge is -2.36. The molecule has 0 amide bonds. The monoisotopic (exact) mass is 265 g/mol. The molecule has 0 saturated heterocycles. The van der Waals surface area contributed by atoms with Crippen LogP contribution in [0.5, 0.6) is 0 Å². The van der Waals surface area contributed by atoms with Crippen LogP contribution in [-0.2, 0) is 0 Å². The average Bonchev–Trinajstić information content (AvgIpc) is 2.75. The van der Waals surface area contributed by atoms with Crippen molar-refractivity contribution >= 4 is 6.01 Å². The van der Waals surface area contributed by atoms with E-state index in [1.165, 1.54) is 25.7 Å². The Morgan fingerprint density at radius 2 is 1.79 bits per heavy atom. The lowest BCUT2D eigenvalue weighted by atomic mass is 9.70. The molecule has 0 radical (unpaired) electrons. The summed E-state index contributed by atoms with van der Waals surface area (Å²) in [4.78, 5) is 4.47. The van der Waals surface area contributed by atoms with Gasteiger partial charge in [0.05, 0.1) is 0 Å². The maximum Gasteiger partial charge on any atom is 0.321 e. The van der Waals surface area contributed by atoms with Gasteiger partial charge in [-0.2, -0.15) is 4.98 Å². The van der Waals surface area contributed by atoms with Crippen molar-refractivity contribution in [1.82, 2.24) is 10.1 Å². The number of aromatic nitrogens is 2. The molecule has 0 aromatic carbocycles. The summed E-state index contributed by atoms with van der Waals surface area (Å²) in [7, 11) is 0. The van der Waals surface area contributed by atoms with Crippen LogP contribution in [0.25, 0.3) is 0 Å². The van der Waals surface area contributed by atoms with Crippen molar-refractivity contribution in [1.29, 1.82) is 0 Å². The summed E-state index contributed by atoms with van der Waals surface area (Å²) >= 11 is 0. The Hall–Kier alpha value is -1.06. The van der Waals surface area contributed by atoms with E-state index >= 15 is 0 Å². The van der Waals surface area contributed by atoms with E-state index in [1.807, 2.05) is 0 Å². The second kappa shape index (κ2) is 5.51. The fourth-order valence-electron chi connectivity index (χ4n) is 2.92. The molecule has 0 aliphatic heterocycles. The van der Waals surface area contributed by atoms with Gasteiger partial charge in [-0.15, -0.1) is 0 Å². The van der Waals surface area contributed by atoms with Crippen molar-refractivity contribution in [2.45, 2.75) is 72.3 Å². The van der Waals surface area contributed by atoms with Gasteiger partial charge in [0.15, 0.2) is 5.82 Å². The number of hydrogen-bond donors (Lipinski definition) is 1. The Labute approximate surface area is 116 Å². The molecule has 1 fully saturated rings. The normalized spacial score (nSPS) is 24.7. The van der Waals surface area contributed by atoms with Crippen molar-refractivity contribution in [3.63, 3.8) is 0 Å². The molecule has 1 N–H and O–H groups in total. The second-order valence-corrected chi connectivity index (χ2v) is 7.17. The quantitative estimate of drug-likeness (QED) is 0.889. The maximum absolute atomic E-state index is 5.25. The Bertz CT molecular complexity index is 398. The van der Waals surface area contributed by atoms with E-state index in [0.717, 1.165) is 11.7 Å². The lowest BCUT2D eigenvalue weighted by molar-refractivity contribution is 0.166. The molecule has 108 valence electrons. The summed E-state index contributed by atoms with van der Waals surface area (Å²) in [5.74, 6) is 2.18. The molecule has 1 aliphatic carbocycles. The second-order valence-electron chi connectivity index (χ2n) is 7.17. The van der Waals surface area contributed by atoms with E-state index in [4.69, 9.17) is 4.52 Å². The fourth-order valence-corrected chi connectivity index (χ4v) is 2.92. The van der Waals surface area contributed by atoms with Crippen molar-refractivity contribution in [3.05, 3.63) is 5.82 Å². The fraction of sp³-hybridized carbons (Fsp3) is 0.867. The molecule has 1 aromatic heterocycles. The Morgan fingerprint density at radius 3 is 2.32 bits per heavy atom. The molecule has 19 heavy (non-hydrogen) atoms. The first kappa shape index (κ1) is 14.4. The molecule has 1 aromatic rings. The third-order valence-electron chi connectivity index (χ3n) is 4.17. The molecule has 4 nitrogen and oxygen atoms in total. The highest BCUT2D eigenvalue weighted by Gasteiger charge is 2.31. The van der Waals surface area contributed by atoms with Gasteiger partial charge in [0.2, 0.25) is 0 Å². The standard InChI is InChI=1S/C15H27N3O/c1-10(2)16-14-17-13(18-19-14)11-6-8-12(9-7-11)15(3,4)5/h10-12H,6-9H2,1-5H3,(H,16,17,18). The van der Waals surface area contributed by atoms with Gasteiger partial charge in [0, 0.05) is 12.0 Å². The largest absolute Gasteiger partial charge is 0.336 e. The minimum absolute atomic E-state index is 0.324. The number of anilines is 1. The van der Waals surface area contributed by atoms with Crippen LogP contribution < -0.4 is 5.32 Å². The predicted octanol–water partition coefficient (Wildman–Crippen LogP) is 4.21. The molecule has 0 atom stereocenters. The van der Waals surface area contributed by atoms with E-state index in [9.17, 15) is 0 Å². The summed E-state index contributed by atoms with van der Waals surface area (Å²) in [6.45, 7) is 11.2. The molecular weight excluding hydrogens is 238 g/mol. The van der Waals surface area contributed by atoms with Crippen molar-refractivity contribution in [3.8, 4) is 0 Å². The number of hydrogen-bond acceptors (Lipinski definition) is 4. The molecule has 2 rings (SSSR count). The third kappa shape index (κ3) is 3.71. The van der Waals surface area contributed by atoms with Gasteiger partial charge < -0.3 is 9.84 Å². The first-order valence-corrected chi connectivity index (χ1v) is 7.46. The van der Waals surface area contributed by atoms with Gasteiger partial charge in [0.1, 0.15) is 0 Å². The van der Waals surface area contributed by atoms with Gasteiger partial charge in [-0.05, 0) is 50.9 Å². The molecule has 0 unspecified atom stereocenters. The Morgan fingerprint density at radius 1 is 1.16 bits per heavy atom. The zero-order valence-electron chi connectivity index (χ0n) is 12.9. The van der Waals surface area contributed by atoms with Gasteiger partial charge in [-0.1, -0.05) is 25.9 Å². The molecular formula is C15H27N3O. The molecule has 4 heteroatoms. The summed E-state index contributed by atoms with van der Waals surface area (Å²) < 4.78 is 5.25. The van der Waals surface area contributed by atoms with Crippen molar-refractivity contribution in [2.24, 2.45) is 11.3 Å². The minimum atomic E-state index is 0.324. The van der Waals surface area contributed by atoms with Crippen molar-refractivity contribution < 1.29 is 4.52 Å². The van der Waals surface area contributed by atoms with E-state index < -0.39 is 0 Å². The molecule has 1 saturated carbocycles. The highest BCUT2D eigenvalue weighted by atomic mass is 16.5. The molecule has 0 bridgehead atoms. The Kier molecular flexibility index (Phi) is 4.16. The highest BCUT2D eigenvalue weighted by Crippen LogP contribution is 2.42. The first-order chi connectivity index (χ1) is 8.86. The van der Waals surface area contributed by atoms with Gasteiger partial charge >= 0.3 is 6.01 Å². The summed E-state index contributed by atoms with van der Waals surface area (Å²) in [5, 5.41) is 7.29.